The van der Waals surface area contributed by atoms with Crippen LogP contribution in [0.25, 0.3) is 0 Å². The number of anilines is 1. The number of alkyl halides is 3. The first kappa shape index (κ1) is 15.5. The van der Waals surface area contributed by atoms with Crippen molar-refractivity contribution in [3.63, 3.8) is 0 Å². The molecule has 5 nitrogen and oxygen atoms in total. The summed E-state index contributed by atoms with van der Waals surface area (Å²) in [5, 5.41) is 0. The summed E-state index contributed by atoms with van der Waals surface area (Å²) in [6.45, 7) is 1.19. The van der Waals surface area contributed by atoms with Crippen molar-refractivity contribution in [1.82, 2.24) is 14.5 Å². The fourth-order valence-corrected chi connectivity index (χ4v) is 2.72. The van der Waals surface area contributed by atoms with Gasteiger partial charge >= 0.3 is 6.18 Å². The minimum absolute atomic E-state index is 0.0447. The lowest BCUT2D eigenvalue weighted by molar-refractivity contribution is -0.138. The van der Waals surface area contributed by atoms with Crippen LogP contribution < -0.4 is 10.5 Å². The van der Waals surface area contributed by atoms with E-state index in [4.69, 9.17) is 0 Å². The third kappa shape index (κ3) is 3.35. The Morgan fingerprint density at radius 1 is 1.09 bits per heavy atom. The fourth-order valence-electron chi connectivity index (χ4n) is 2.72. The predicted octanol–water partition coefficient (Wildman–Crippen LogP) is 2.50. The van der Waals surface area contributed by atoms with Crippen molar-refractivity contribution < 1.29 is 13.2 Å². The molecule has 1 aliphatic rings. The van der Waals surface area contributed by atoms with E-state index in [1.54, 1.807) is 16.8 Å². The molecule has 0 aliphatic carbocycles. The van der Waals surface area contributed by atoms with Crippen LogP contribution in [0.2, 0.25) is 0 Å². The first-order valence-corrected chi connectivity index (χ1v) is 7.26. The molecule has 122 valence electrons. The van der Waals surface area contributed by atoms with Gasteiger partial charge in [0.05, 0.1) is 5.56 Å². The molecule has 1 fully saturated rings. The zero-order valence-electron chi connectivity index (χ0n) is 12.2. The van der Waals surface area contributed by atoms with Crippen LogP contribution in [-0.4, -0.2) is 27.6 Å². The quantitative estimate of drug-likeness (QED) is 0.852. The summed E-state index contributed by atoms with van der Waals surface area (Å²) >= 11 is 0. The number of pyridine rings is 1. The molecular formula is C15H15F3N4O. The Bertz CT molecular complexity index is 718. The van der Waals surface area contributed by atoms with Gasteiger partial charge in [0, 0.05) is 43.8 Å². The molecule has 0 bridgehead atoms. The van der Waals surface area contributed by atoms with E-state index in [2.05, 4.69) is 9.97 Å². The summed E-state index contributed by atoms with van der Waals surface area (Å²) in [5.74, 6) is 0.289. The van der Waals surface area contributed by atoms with Gasteiger partial charge in [-0.2, -0.15) is 13.2 Å². The number of halogens is 3. The molecule has 0 unspecified atom stereocenters. The largest absolute Gasteiger partial charge is 0.419 e. The monoisotopic (exact) mass is 324 g/mol. The lowest BCUT2D eigenvalue weighted by Gasteiger charge is -2.32. The topological polar surface area (TPSA) is 51.0 Å². The fraction of sp³-hybridized carbons (Fsp3) is 0.400. The number of nitrogens with zero attached hydrogens (tertiary/aromatic N) is 4. The highest BCUT2D eigenvalue weighted by Gasteiger charge is 2.32. The van der Waals surface area contributed by atoms with Gasteiger partial charge in [0.25, 0.3) is 5.56 Å². The van der Waals surface area contributed by atoms with E-state index < -0.39 is 11.7 Å². The van der Waals surface area contributed by atoms with Crippen molar-refractivity contribution in [2.45, 2.75) is 25.1 Å². The van der Waals surface area contributed by atoms with Gasteiger partial charge in [-0.15, -0.1) is 0 Å². The van der Waals surface area contributed by atoms with Crippen LogP contribution in [0.5, 0.6) is 0 Å². The summed E-state index contributed by atoms with van der Waals surface area (Å²) in [4.78, 5) is 21.3. The predicted molar refractivity (Wildman–Crippen MR) is 78.2 cm³/mol. The maximum Gasteiger partial charge on any atom is 0.419 e. The lowest BCUT2D eigenvalue weighted by Crippen LogP contribution is -2.38. The molecule has 1 saturated heterocycles. The summed E-state index contributed by atoms with van der Waals surface area (Å²) in [6.07, 6.45) is 0.367. The van der Waals surface area contributed by atoms with Crippen LogP contribution in [0.4, 0.5) is 19.1 Å². The molecule has 2 aromatic rings. The SMILES string of the molecule is O=c1ccccn1C1CCN(c2ncc(C(F)(F)F)cn2)CC1. The van der Waals surface area contributed by atoms with Gasteiger partial charge < -0.3 is 9.47 Å². The molecule has 0 aromatic carbocycles. The Balaban J connectivity index is 1.67. The van der Waals surface area contributed by atoms with Gasteiger partial charge in [0.1, 0.15) is 0 Å². The van der Waals surface area contributed by atoms with Crippen LogP contribution in [0.1, 0.15) is 24.4 Å². The van der Waals surface area contributed by atoms with Gasteiger partial charge in [-0.05, 0) is 18.9 Å². The third-order valence-corrected chi connectivity index (χ3v) is 3.96. The van der Waals surface area contributed by atoms with E-state index in [0.29, 0.717) is 25.9 Å². The second-order valence-corrected chi connectivity index (χ2v) is 5.43. The molecular weight excluding hydrogens is 309 g/mol. The molecule has 1 aliphatic heterocycles. The van der Waals surface area contributed by atoms with Crippen molar-refractivity contribution in [3.8, 4) is 0 Å². The summed E-state index contributed by atoms with van der Waals surface area (Å²) < 4.78 is 39.2. The first-order chi connectivity index (χ1) is 10.9. The number of piperidine rings is 1. The average Bonchev–Trinajstić information content (AvgIpc) is 2.55. The van der Waals surface area contributed by atoms with Crippen molar-refractivity contribution in [3.05, 3.63) is 52.7 Å². The molecule has 0 saturated carbocycles. The normalized spacial score (nSPS) is 16.6. The Morgan fingerprint density at radius 2 is 1.74 bits per heavy atom. The summed E-state index contributed by atoms with van der Waals surface area (Å²) in [5.41, 5.74) is -0.899. The Hall–Kier alpha value is -2.38. The van der Waals surface area contributed by atoms with E-state index in [-0.39, 0.29) is 17.5 Å². The summed E-state index contributed by atoms with van der Waals surface area (Å²) in [6, 6.07) is 5.12. The Morgan fingerprint density at radius 3 is 2.30 bits per heavy atom. The van der Waals surface area contributed by atoms with Crippen LogP contribution in [-0.2, 0) is 6.18 Å². The standard InChI is InChI=1S/C15H15F3N4O/c16-15(17,18)11-9-19-14(20-10-11)21-7-4-12(5-8-21)22-6-2-1-3-13(22)23/h1-3,6,9-10,12H,4-5,7-8H2. The van der Waals surface area contributed by atoms with E-state index in [1.807, 2.05) is 11.0 Å². The molecule has 0 radical (unpaired) electrons. The minimum atomic E-state index is -4.43. The maximum absolute atomic E-state index is 12.5. The minimum Gasteiger partial charge on any atom is -0.341 e. The Labute approximate surface area is 130 Å². The summed E-state index contributed by atoms with van der Waals surface area (Å²) in [7, 11) is 0. The van der Waals surface area contributed by atoms with Gasteiger partial charge in [0.2, 0.25) is 5.95 Å². The van der Waals surface area contributed by atoms with Crippen molar-refractivity contribution >= 4 is 5.95 Å². The number of hydrogen-bond donors (Lipinski definition) is 0. The van der Waals surface area contributed by atoms with Crippen LogP contribution in [0.3, 0.4) is 0 Å². The van der Waals surface area contributed by atoms with Crippen molar-refractivity contribution in [2.75, 3.05) is 18.0 Å². The van der Waals surface area contributed by atoms with Gasteiger partial charge in [-0.25, -0.2) is 9.97 Å². The molecule has 3 rings (SSSR count). The molecule has 8 heteroatoms. The van der Waals surface area contributed by atoms with Crippen LogP contribution in [0, 0.1) is 0 Å². The maximum atomic E-state index is 12.5. The highest BCUT2D eigenvalue weighted by Crippen LogP contribution is 2.29. The number of hydrogen-bond acceptors (Lipinski definition) is 4. The molecule has 3 heterocycles. The lowest BCUT2D eigenvalue weighted by atomic mass is 10.0. The average molecular weight is 324 g/mol. The van der Waals surface area contributed by atoms with Crippen molar-refractivity contribution in [1.29, 1.82) is 0 Å². The van der Waals surface area contributed by atoms with Gasteiger partial charge in [0.15, 0.2) is 0 Å². The van der Waals surface area contributed by atoms with Gasteiger partial charge in [-0.1, -0.05) is 6.07 Å². The number of rotatable bonds is 2. The van der Waals surface area contributed by atoms with E-state index in [9.17, 15) is 18.0 Å². The zero-order valence-corrected chi connectivity index (χ0v) is 12.2. The number of aromatic nitrogens is 3. The molecule has 0 atom stereocenters. The molecule has 0 spiro atoms. The molecule has 2 aromatic heterocycles. The van der Waals surface area contributed by atoms with Crippen molar-refractivity contribution in [2.24, 2.45) is 0 Å². The molecule has 0 amide bonds. The van der Waals surface area contributed by atoms with E-state index in [0.717, 1.165) is 12.4 Å². The first-order valence-electron chi connectivity index (χ1n) is 7.26. The van der Waals surface area contributed by atoms with Crippen LogP contribution in [0.15, 0.2) is 41.6 Å². The Kier molecular flexibility index (Phi) is 4.06. The smallest absolute Gasteiger partial charge is 0.341 e. The molecule has 0 N–H and O–H groups in total. The highest BCUT2D eigenvalue weighted by atomic mass is 19.4. The van der Waals surface area contributed by atoms with E-state index >= 15 is 0 Å². The second kappa shape index (κ2) is 6.02. The zero-order chi connectivity index (χ0) is 16.4. The van der Waals surface area contributed by atoms with Gasteiger partial charge in [-0.3, -0.25) is 4.79 Å². The van der Waals surface area contributed by atoms with Crippen LogP contribution >= 0.6 is 0 Å². The van der Waals surface area contributed by atoms with E-state index in [1.165, 1.54) is 6.07 Å². The third-order valence-electron chi connectivity index (χ3n) is 3.96. The molecule has 23 heavy (non-hydrogen) atoms. The highest BCUT2D eigenvalue weighted by molar-refractivity contribution is 5.31. The second-order valence-electron chi connectivity index (χ2n) is 5.43.